The molecule has 5 nitrogen and oxygen atoms in total. The van der Waals surface area contributed by atoms with E-state index in [4.69, 9.17) is 0 Å². The second-order valence-electron chi connectivity index (χ2n) is 4.73. The van der Waals surface area contributed by atoms with Gasteiger partial charge in [0.1, 0.15) is 17.8 Å². The highest BCUT2D eigenvalue weighted by atomic mass is 19.3. The summed E-state index contributed by atoms with van der Waals surface area (Å²) in [6.07, 6.45) is 0.486. The Hall–Kier alpha value is -2.18. The molecule has 1 N–H and O–H groups in total. The molecule has 0 saturated carbocycles. The minimum atomic E-state index is -2.90. The van der Waals surface area contributed by atoms with Crippen molar-refractivity contribution in [3.8, 4) is 5.75 Å². The van der Waals surface area contributed by atoms with Crippen LogP contribution >= 0.6 is 0 Å². The number of halogens is 2. The van der Waals surface area contributed by atoms with Crippen molar-refractivity contribution in [3.63, 3.8) is 0 Å². The van der Waals surface area contributed by atoms with Crippen LogP contribution in [0.2, 0.25) is 0 Å². The summed E-state index contributed by atoms with van der Waals surface area (Å²) in [5.41, 5.74) is 0.474. The van der Waals surface area contributed by atoms with Gasteiger partial charge in [-0.2, -0.15) is 8.78 Å². The highest BCUT2D eigenvalue weighted by molar-refractivity contribution is 6.08. The third-order valence-corrected chi connectivity index (χ3v) is 3.37. The molecule has 21 heavy (non-hydrogen) atoms. The maximum atomic E-state index is 12.3. The molecule has 114 valence electrons. The van der Waals surface area contributed by atoms with Gasteiger partial charge in [0, 0.05) is 5.69 Å². The van der Waals surface area contributed by atoms with Crippen LogP contribution in [0.15, 0.2) is 24.3 Å². The summed E-state index contributed by atoms with van der Waals surface area (Å²) in [5, 5.41) is 2.65. The van der Waals surface area contributed by atoms with Gasteiger partial charge < -0.3 is 10.1 Å². The first kappa shape index (κ1) is 15.2. The third-order valence-electron chi connectivity index (χ3n) is 3.37. The van der Waals surface area contributed by atoms with E-state index in [1.807, 2.05) is 0 Å². The Morgan fingerprint density at radius 3 is 2.43 bits per heavy atom. The van der Waals surface area contributed by atoms with Crippen molar-refractivity contribution >= 4 is 17.5 Å². The quantitative estimate of drug-likeness (QED) is 0.924. The SMILES string of the molecule is CCC1NC(=O)C(C)N(c2ccc(OC(F)F)cc2)C1=O. The minimum absolute atomic E-state index is 0.00218. The van der Waals surface area contributed by atoms with Crippen LogP contribution in [0.3, 0.4) is 0 Å². The lowest BCUT2D eigenvalue weighted by Crippen LogP contribution is -2.62. The first-order valence-electron chi connectivity index (χ1n) is 6.62. The van der Waals surface area contributed by atoms with Crippen LogP contribution in [0.4, 0.5) is 14.5 Å². The van der Waals surface area contributed by atoms with E-state index in [0.29, 0.717) is 12.1 Å². The molecule has 1 aromatic carbocycles. The summed E-state index contributed by atoms with van der Waals surface area (Å²) in [5.74, 6) is -0.455. The van der Waals surface area contributed by atoms with E-state index in [9.17, 15) is 18.4 Å². The molecule has 1 saturated heterocycles. The van der Waals surface area contributed by atoms with Gasteiger partial charge in [-0.1, -0.05) is 6.92 Å². The number of hydrogen-bond donors (Lipinski definition) is 1. The van der Waals surface area contributed by atoms with Gasteiger partial charge in [-0.15, -0.1) is 0 Å². The average molecular weight is 298 g/mol. The summed E-state index contributed by atoms with van der Waals surface area (Å²) < 4.78 is 28.5. The molecule has 0 radical (unpaired) electrons. The maximum Gasteiger partial charge on any atom is 0.387 e. The largest absolute Gasteiger partial charge is 0.435 e. The Bertz CT molecular complexity index is 534. The monoisotopic (exact) mass is 298 g/mol. The Morgan fingerprint density at radius 2 is 1.90 bits per heavy atom. The van der Waals surface area contributed by atoms with Crippen LogP contribution in [0.5, 0.6) is 5.75 Å². The lowest BCUT2D eigenvalue weighted by molar-refractivity contribution is -0.133. The second kappa shape index (κ2) is 6.07. The molecular formula is C14H16F2N2O3. The molecule has 1 fully saturated rings. The lowest BCUT2D eigenvalue weighted by atomic mass is 10.1. The Labute approximate surface area is 120 Å². The Balaban J connectivity index is 2.25. The normalized spacial score (nSPS) is 22.4. The van der Waals surface area contributed by atoms with Crippen molar-refractivity contribution in [2.24, 2.45) is 0 Å². The fourth-order valence-corrected chi connectivity index (χ4v) is 2.25. The topological polar surface area (TPSA) is 58.6 Å². The number of benzene rings is 1. The van der Waals surface area contributed by atoms with E-state index < -0.39 is 18.7 Å². The molecule has 2 rings (SSSR count). The molecular weight excluding hydrogens is 282 g/mol. The summed E-state index contributed by atoms with van der Waals surface area (Å²) in [4.78, 5) is 25.6. The molecule has 0 aliphatic carbocycles. The van der Waals surface area contributed by atoms with Crippen LogP contribution in [-0.4, -0.2) is 30.5 Å². The first-order valence-corrected chi connectivity index (χ1v) is 6.62. The molecule has 2 atom stereocenters. The standard InChI is InChI=1S/C14H16F2N2O3/c1-3-11-13(20)18(8(2)12(19)17-11)9-4-6-10(7-5-9)21-14(15)16/h4-8,11,14H,3H2,1-2H3,(H,17,19). The third kappa shape index (κ3) is 3.12. The summed E-state index contributed by atoms with van der Waals surface area (Å²) in [6, 6.07) is 4.44. The van der Waals surface area contributed by atoms with Gasteiger partial charge in [0.25, 0.3) is 0 Å². The molecule has 0 spiro atoms. The number of alkyl halides is 2. The fourth-order valence-electron chi connectivity index (χ4n) is 2.25. The van der Waals surface area contributed by atoms with Gasteiger partial charge in [-0.25, -0.2) is 0 Å². The molecule has 1 aliphatic rings. The van der Waals surface area contributed by atoms with Crippen LogP contribution in [0, 0.1) is 0 Å². The highest BCUT2D eigenvalue weighted by Gasteiger charge is 2.37. The van der Waals surface area contributed by atoms with E-state index in [2.05, 4.69) is 10.1 Å². The fraction of sp³-hybridized carbons (Fsp3) is 0.429. The van der Waals surface area contributed by atoms with Crippen molar-refractivity contribution in [2.75, 3.05) is 4.90 Å². The molecule has 0 aromatic heterocycles. The predicted octanol–water partition coefficient (Wildman–Crippen LogP) is 1.92. The number of hydrogen-bond acceptors (Lipinski definition) is 3. The molecule has 7 heteroatoms. The molecule has 1 aromatic rings. The number of amides is 2. The molecule has 1 heterocycles. The molecule has 2 unspecified atom stereocenters. The molecule has 0 bridgehead atoms. The van der Waals surface area contributed by atoms with Crippen molar-refractivity contribution in [2.45, 2.75) is 39.0 Å². The number of piperazine rings is 1. The number of anilines is 1. The van der Waals surface area contributed by atoms with Crippen molar-refractivity contribution in [1.29, 1.82) is 0 Å². The van der Waals surface area contributed by atoms with Gasteiger partial charge in [-0.05, 0) is 37.6 Å². The zero-order chi connectivity index (χ0) is 15.6. The molecule has 2 amide bonds. The van der Waals surface area contributed by atoms with Crippen molar-refractivity contribution in [3.05, 3.63) is 24.3 Å². The van der Waals surface area contributed by atoms with Crippen LogP contribution < -0.4 is 15.0 Å². The van der Waals surface area contributed by atoms with E-state index in [1.54, 1.807) is 13.8 Å². The zero-order valence-corrected chi connectivity index (χ0v) is 11.7. The average Bonchev–Trinajstić information content (AvgIpc) is 2.44. The Kier molecular flexibility index (Phi) is 4.40. The minimum Gasteiger partial charge on any atom is -0.435 e. The van der Waals surface area contributed by atoms with E-state index in [0.717, 1.165) is 0 Å². The predicted molar refractivity (Wildman–Crippen MR) is 72.2 cm³/mol. The molecule has 1 aliphatic heterocycles. The van der Waals surface area contributed by atoms with Crippen LogP contribution in [-0.2, 0) is 9.59 Å². The van der Waals surface area contributed by atoms with Crippen molar-refractivity contribution in [1.82, 2.24) is 5.32 Å². The Morgan fingerprint density at radius 1 is 1.29 bits per heavy atom. The van der Waals surface area contributed by atoms with Crippen LogP contribution in [0.1, 0.15) is 20.3 Å². The number of ether oxygens (including phenoxy) is 1. The van der Waals surface area contributed by atoms with E-state index >= 15 is 0 Å². The zero-order valence-electron chi connectivity index (χ0n) is 11.7. The van der Waals surface area contributed by atoms with Gasteiger partial charge in [0.15, 0.2) is 0 Å². The number of rotatable bonds is 4. The van der Waals surface area contributed by atoms with Gasteiger partial charge >= 0.3 is 6.61 Å². The van der Waals surface area contributed by atoms with E-state index in [1.165, 1.54) is 29.2 Å². The highest BCUT2D eigenvalue weighted by Crippen LogP contribution is 2.25. The second-order valence-corrected chi connectivity index (χ2v) is 4.73. The summed E-state index contributed by atoms with van der Waals surface area (Å²) in [6.45, 7) is 0.515. The maximum absolute atomic E-state index is 12.3. The first-order chi connectivity index (χ1) is 9.93. The number of carbonyl (C=O) groups excluding carboxylic acids is 2. The summed E-state index contributed by atoms with van der Waals surface area (Å²) in [7, 11) is 0. The lowest BCUT2D eigenvalue weighted by Gasteiger charge is -2.37. The van der Waals surface area contributed by atoms with Gasteiger partial charge in [-0.3, -0.25) is 14.5 Å². The smallest absolute Gasteiger partial charge is 0.387 e. The van der Waals surface area contributed by atoms with Gasteiger partial charge in [0.2, 0.25) is 11.8 Å². The number of nitrogens with zero attached hydrogens (tertiary/aromatic N) is 1. The number of carbonyl (C=O) groups is 2. The van der Waals surface area contributed by atoms with Crippen molar-refractivity contribution < 1.29 is 23.1 Å². The summed E-state index contributed by atoms with van der Waals surface area (Å²) >= 11 is 0. The van der Waals surface area contributed by atoms with Crippen LogP contribution in [0.25, 0.3) is 0 Å². The number of nitrogens with one attached hydrogen (secondary N) is 1. The van der Waals surface area contributed by atoms with E-state index in [-0.39, 0.29) is 17.6 Å². The van der Waals surface area contributed by atoms with Gasteiger partial charge in [0.05, 0.1) is 0 Å².